The van der Waals surface area contributed by atoms with E-state index in [1.807, 2.05) is 24.0 Å². The van der Waals surface area contributed by atoms with Gasteiger partial charge in [0.2, 0.25) is 0 Å². The van der Waals surface area contributed by atoms with E-state index >= 15 is 0 Å². The number of nitrogens with zero attached hydrogens (tertiary/aromatic N) is 1. The molecule has 1 fully saturated rings. The summed E-state index contributed by atoms with van der Waals surface area (Å²) in [4.78, 5) is 14.2. The predicted octanol–water partition coefficient (Wildman–Crippen LogP) is 2.08. The molecule has 1 saturated heterocycles. The summed E-state index contributed by atoms with van der Waals surface area (Å²) in [5.74, 6) is 0.0818. The Labute approximate surface area is 107 Å². The van der Waals surface area contributed by atoms with Gasteiger partial charge in [-0.3, -0.25) is 4.79 Å². The van der Waals surface area contributed by atoms with Gasteiger partial charge in [-0.1, -0.05) is 17.7 Å². The highest BCUT2D eigenvalue weighted by Gasteiger charge is 2.22. The molecule has 1 atom stereocenters. The van der Waals surface area contributed by atoms with Crippen LogP contribution in [0.3, 0.4) is 0 Å². The second kappa shape index (κ2) is 5.07. The molecule has 1 aromatic rings. The Balaban J connectivity index is 2.21. The molecule has 0 bridgehead atoms. The fourth-order valence-corrected chi connectivity index (χ4v) is 2.28. The zero-order chi connectivity index (χ0) is 12.4. The number of hydrogen-bond donors (Lipinski definition) is 1. The monoisotopic (exact) mass is 252 g/mol. The van der Waals surface area contributed by atoms with Gasteiger partial charge in [-0.05, 0) is 31.5 Å². The highest BCUT2D eigenvalue weighted by molar-refractivity contribution is 6.31. The fourth-order valence-electron chi connectivity index (χ4n) is 2.11. The largest absolute Gasteiger partial charge is 0.336 e. The third kappa shape index (κ3) is 2.79. The van der Waals surface area contributed by atoms with Crippen molar-refractivity contribution in [2.75, 3.05) is 19.6 Å². The van der Waals surface area contributed by atoms with Crippen LogP contribution >= 0.6 is 11.6 Å². The summed E-state index contributed by atoms with van der Waals surface area (Å²) in [6.45, 7) is 6.39. The summed E-state index contributed by atoms with van der Waals surface area (Å²) >= 11 is 5.95. The lowest BCUT2D eigenvalue weighted by molar-refractivity contribution is 0.0708. The van der Waals surface area contributed by atoms with E-state index in [2.05, 4.69) is 12.2 Å². The Kier molecular flexibility index (Phi) is 3.69. The zero-order valence-corrected chi connectivity index (χ0v) is 10.9. The molecule has 1 aliphatic rings. The van der Waals surface area contributed by atoms with Gasteiger partial charge < -0.3 is 10.2 Å². The van der Waals surface area contributed by atoms with Gasteiger partial charge in [0.25, 0.3) is 5.91 Å². The number of nitrogens with one attached hydrogen (secondary N) is 1. The maximum atomic E-state index is 12.4. The van der Waals surface area contributed by atoms with Crippen LogP contribution in [-0.2, 0) is 0 Å². The van der Waals surface area contributed by atoms with Gasteiger partial charge in [0.1, 0.15) is 0 Å². The average Bonchev–Trinajstić information content (AvgIpc) is 2.31. The van der Waals surface area contributed by atoms with Crippen molar-refractivity contribution in [3.05, 3.63) is 34.3 Å². The molecule has 0 aliphatic carbocycles. The molecule has 0 unspecified atom stereocenters. The standard InChI is InChI=1S/C13H17ClN2O/c1-9-3-4-11(14)7-12(9)13(17)16-6-5-15-10(2)8-16/h3-4,7,10,15H,5-6,8H2,1-2H3/t10-/m0/s1. The third-order valence-corrected chi connectivity index (χ3v) is 3.32. The van der Waals surface area contributed by atoms with Gasteiger partial charge in [0, 0.05) is 36.3 Å². The summed E-state index contributed by atoms with van der Waals surface area (Å²) in [6, 6.07) is 5.81. The van der Waals surface area contributed by atoms with E-state index in [0.29, 0.717) is 16.6 Å². The van der Waals surface area contributed by atoms with E-state index in [-0.39, 0.29) is 5.91 Å². The fraction of sp³-hybridized carbons (Fsp3) is 0.462. The number of piperazine rings is 1. The zero-order valence-electron chi connectivity index (χ0n) is 10.2. The van der Waals surface area contributed by atoms with Crippen LogP contribution in [0, 0.1) is 6.92 Å². The molecule has 1 aliphatic heterocycles. The van der Waals surface area contributed by atoms with Crippen LogP contribution < -0.4 is 5.32 Å². The summed E-state index contributed by atoms with van der Waals surface area (Å²) in [5, 5.41) is 3.94. The Hall–Kier alpha value is -1.06. The molecular weight excluding hydrogens is 236 g/mol. The van der Waals surface area contributed by atoms with Crippen LogP contribution in [0.5, 0.6) is 0 Å². The second-order valence-electron chi connectivity index (χ2n) is 4.57. The van der Waals surface area contributed by atoms with Crippen LogP contribution in [0.2, 0.25) is 5.02 Å². The van der Waals surface area contributed by atoms with Crippen LogP contribution in [0.1, 0.15) is 22.8 Å². The summed E-state index contributed by atoms with van der Waals surface area (Å²) < 4.78 is 0. The van der Waals surface area contributed by atoms with Gasteiger partial charge in [-0.15, -0.1) is 0 Å². The third-order valence-electron chi connectivity index (χ3n) is 3.09. The van der Waals surface area contributed by atoms with Crippen LogP contribution in [0.4, 0.5) is 0 Å². The highest BCUT2D eigenvalue weighted by atomic mass is 35.5. The molecule has 0 aromatic heterocycles. The molecule has 1 N–H and O–H groups in total. The first-order valence-electron chi connectivity index (χ1n) is 5.87. The van der Waals surface area contributed by atoms with Crippen molar-refractivity contribution >= 4 is 17.5 Å². The van der Waals surface area contributed by atoms with E-state index in [1.165, 1.54) is 0 Å². The van der Waals surface area contributed by atoms with Crippen molar-refractivity contribution in [1.82, 2.24) is 10.2 Å². The molecule has 1 amide bonds. The quantitative estimate of drug-likeness (QED) is 0.830. The van der Waals surface area contributed by atoms with Crippen molar-refractivity contribution in [3.8, 4) is 0 Å². The van der Waals surface area contributed by atoms with Crippen LogP contribution in [-0.4, -0.2) is 36.5 Å². The molecule has 3 nitrogen and oxygen atoms in total. The lowest BCUT2D eigenvalue weighted by atomic mass is 10.1. The first-order chi connectivity index (χ1) is 8.08. The second-order valence-corrected chi connectivity index (χ2v) is 5.00. The number of amides is 1. The van der Waals surface area contributed by atoms with Crippen molar-refractivity contribution in [2.24, 2.45) is 0 Å². The summed E-state index contributed by atoms with van der Waals surface area (Å²) in [5.41, 5.74) is 1.69. The number of halogens is 1. The summed E-state index contributed by atoms with van der Waals surface area (Å²) in [7, 11) is 0. The minimum Gasteiger partial charge on any atom is -0.336 e. The molecular formula is C13H17ClN2O. The Bertz CT molecular complexity index is 433. The Morgan fingerprint density at radius 3 is 3.00 bits per heavy atom. The normalized spacial score (nSPS) is 20.4. The van der Waals surface area contributed by atoms with Crippen molar-refractivity contribution in [1.29, 1.82) is 0 Å². The van der Waals surface area contributed by atoms with E-state index in [0.717, 1.165) is 25.2 Å². The molecule has 17 heavy (non-hydrogen) atoms. The molecule has 0 spiro atoms. The first kappa shape index (κ1) is 12.4. The van der Waals surface area contributed by atoms with Gasteiger partial charge in [-0.2, -0.15) is 0 Å². The number of carbonyl (C=O) groups excluding carboxylic acids is 1. The Morgan fingerprint density at radius 1 is 1.53 bits per heavy atom. The number of hydrogen-bond acceptors (Lipinski definition) is 2. The van der Waals surface area contributed by atoms with Gasteiger partial charge in [-0.25, -0.2) is 0 Å². The molecule has 0 saturated carbocycles. The number of benzene rings is 1. The number of aryl methyl sites for hydroxylation is 1. The molecule has 1 heterocycles. The highest BCUT2D eigenvalue weighted by Crippen LogP contribution is 2.18. The van der Waals surface area contributed by atoms with Gasteiger partial charge >= 0.3 is 0 Å². The lowest BCUT2D eigenvalue weighted by Crippen LogP contribution is -2.51. The number of carbonyl (C=O) groups is 1. The average molecular weight is 253 g/mol. The van der Waals surface area contributed by atoms with Crippen molar-refractivity contribution < 1.29 is 4.79 Å². The van der Waals surface area contributed by atoms with Crippen molar-refractivity contribution in [2.45, 2.75) is 19.9 Å². The Morgan fingerprint density at radius 2 is 2.29 bits per heavy atom. The minimum atomic E-state index is 0.0818. The smallest absolute Gasteiger partial charge is 0.254 e. The maximum absolute atomic E-state index is 12.4. The van der Waals surface area contributed by atoms with Crippen LogP contribution in [0.15, 0.2) is 18.2 Å². The molecule has 4 heteroatoms. The van der Waals surface area contributed by atoms with Crippen molar-refractivity contribution in [3.63, 3.8) is 0 Å². The van der Waals surface area contributed by atoms with Gasteiger partial charge in [0.15, 0.2) is 0 Å². The van der Waals surface area contributed by atoms with Gasteiger partial charge in [0.05, 0.1) is 0 Å². The van der Waals surface area contributed by atoms with E-state index < -0.39 is 0 Å². The molecule has 92 valence electrons. The summed E-state index contributed by atoms with van der Waals surface area (Å²) in [6.07, 6.45) is 0. The number of rotatable bonds is 1. The van der Waals surface area contributed by atoms with E-state index in [1.54, 1.807) is 6.07 Å². The molecule has 2 rings (SSSR count). The predicted molar refractivity (Wildman–Crippen MR) is 69.6 cm³/mol. The molecule has 1 aromatic carbocycles. The molecule has 0 radical (unpaired) electrons. The SMILES string of the molecule is Cc1ccc(Cl)cc1C(=O)N1CCN[C@@H](C)C1. The minimum absolute atomic E-state index is 0.0818. The first-order valence-corrected chi connectivity index (χ1v) is 6.24. The van der Waals surface area contributed by atoms with E-state index in [9.17, 15) is 4.79 Å². The topological polar surface area (TPSA) is 32.3 Å². The van der Waals surface area contributed by atoms with E-state index in [4.69, 9.17) is 11.6 Å². The maximum Gasteiger partial charge on any atom is 0.254 e. The lowest BCUT2D eigenvalue weighted by Gasteiger charge is -2.32. The van der Waals surface area contributed by atoms with Crippen LogP contribution in [0.25, 0.3) is 0 Å².